The van der Waals surface area contributed by atoms with Crippen LogP contribution < -0.4 is 20.7 Å². The van der Waals surface area contributed by atoms with Gasteiger partial charge in [0, 0.05) is 21.7 Å². The Bertz CT molecular complexity index is 2080. The van der Waals surface area contributed by atoms with Crippen LogP contribution in [0.1, 0.15) is 33.7 Å². The number of hydrogen-bond donors (Lipinski definition) is 3. The summed E-state index contributed by atoms with van der Waals surface area (Å²) in [5, 5.41) is 8.62. The summed E-state index contributed by atoms with van der Waals surface area (Å²) in [7, 11) is 0. The monoisotopic (exact) mass is 684 g/mol. The molecule has 6 rings (SSSR count). The standard InChI is InChI=1S/C39H32N4O4S2/c1-2-47-33-22-11-9-18-28(33)24-32(41-36(44)27-16-7-4-8-17-27)37(45)40-29-19-13-20-30(25-29)48-35(26-14-5-3-6-15-26)38(46)43-39-42-31-21-10-12-23-34(31)49-39/h3-25,35H,2H2,1H3,(H,40,45)(H,41,44)(H,42,43,46)/b32-24+. The minimum Gasteiger partial charge on any atom is -0.493 e. The molecule has 1 heterocycles. The van der Waals surface area contributed by atoms with Crippen molar-refractivity contribution in [3.8, 4) is 5.75 Å². The van der Waals surface area contributed by atoms with Crippen LogP contribution >= 0.6 is 23.1 Å². The zero-order valence-electron chi connectivity index (χ0n) is 26.5. The molecule has 0 aliphatic carbocycles. The molecule has 244 valence electrons. The lowest BCUT2D eigenvalue weighted by atomic mass is 10.1. The summed E-state index contributed by atoms with van der Waals surface area (Å²) >= 11 is 2.78. The molecule has 0 saturated carbocycles. The van der Waals surface area contributed by atoms with E-state index in [0.717, 1.165) is 20.7 Å². The minimum atomic E-state index is -0.602. The largest absolute Gasteiger partial charge is 0.493 e. The zero-order chi connectivity index (χ0) is 34.0. The number of thioether (sulfide) groups is 1. The second-order valence-electron chi connectivity index (χ2n) is 10.7. The van der Waals surface area contributed by atoms with Crippen molar-refractivity contribution >= 4 is 67.9 Å². The van der Waals surface area contributed by atoms with Gasteiger partial charge in [0.25, 0.3) is 11.8 Å². The maximum atomic E-state index is 13.8. The fourth-order valence-corrected chi connectivity index (χ4v) is 6.92. The van der Waals surface area contributed by atoms with Gasteiger partial charge in [0.15, 0.2) is 5.13 Å². The summed E-state index contributed by atoms with van der Waals surface area (Å²) in [6, 6.07) is 40.5. The Kier molecular flexibility index (Phi) is 10.8. The number of ether oxygens (including phenoxy) is 1. The predicted octanol–water partition coefficient (Wildman–Crippen LogP) is 8.58. The van der Waals surface area contributed by atoms with Crippen molar-refractivity contribution in [1.82, 2.24) is 10.3 Å². The number of thiazole rings is 1. The van der Waals surface area contributed by atoms with Crippen molar-refractivity contribution in [2.75, 3.05) is 17.2 Å². The SMILES string of the molecule is CCOc1ccccc1/C=C(/NC(=O)c1ccccc1)C(=O)Nc1cccc(SC(C(=O)Nc2nc3ccccc3s2)c2ccccc2)c1. The maximum absolute atomic E-state index is 13.8. The number of anilines is 2. The van der Waals surface area contributed by atoms with Gasteiger partial charge in [0.05, 0.1) is 16.8 Å². The molecule has 0 spiro atoms. The number of hydrogen-bond acceptors (Lipinski definition) is 7. The molecule has 3 N–H and O–H groups in total. The molecule has 5 aromatic carbocycles. The molecular formula is C39H32N4O4S2. The Balaban J connectivity index is 1.24. The second-order valence-corrected chi connectivity index (χ2v) is 12.9. The molecule has 3 amide bonds. The zero-order valence-corrected chi connectivity index (χ0v) is 28.1. The Morgan fingerprint density at radius 1 is 0.816 bits per heavy atom. The molecular weight excluding hydrogens is 653 g/mol. The molecule has 8 nitrogen and oxygen atoms in total. The summed E-state index contributed by atoms with van der Waals surface area (Å²) in [4.78, 5) is 46.0. The number of fused-ring (bicyclic) bond motifs is 1. The van der Waals surface area contributed by atoms with Crippen molar-refractivity contribution in [2.24, 2.45) is 0 Å². The molecule has 1 aromatic heterocycles. The number of para-hydroxylation sites is 2. The van der Waals surface area contributed by atoms with Gasteiger partial charge in [-0.25, -0.2) is 4.98 Å². The topological polar surface area (TPSA) is 109 Å². The van der Waals surface area contributed by atoms with Crippen molar-refractivity contribution in [3.05, 3.63) is 156 Å². The minimum absolute atomic E-state index is 0.0384. The fourth-order valence-electron chi connectivity index (χ4n) is 4.96. The lowest BCUT2D eigenvalue weighted by Crippen LogP contribution is -2.30. The highest BCUT2D eigenvalue weighted by Crippen LogP contribution is 2.38. The first-order chi connectivity index (χ1) is 24.0. The Labute approximate surface area is 292 Å². The highest BCUT2D eigenvalue weighted by molar-refractivity contribution is 8.00. The first-order valence-electron chi connectivity index (χ1n) is 15.6. The Morgan fingerprint density at radius 2 is 1.53 bits per heavy atom. The molecule has 0 fully saturated rings. The number of rotatable bonds is 12. The van der Waals surface area contributed by atoms with Gasteiger partial charge in [-0.1, -0.05) is 96.3 Å². The van der Waals surface area contributed by atoms with Crippen molar-refractivity contribution < 1.29 is 19.1 Å². The van der Waals surface area contributed by atoms with E-state index in [9.17, 15) is 14.4 Å². The van der Waals surface area contributed by atoms with Gasteiger partial charge in [-0.15, -0.1) is 11.8 Å². The normalized spacial score (nSPS) is 11.8. The van der Waals surface area contributed by atoms with Crippen LogP contribution in [0.25, 0.3) is 16.3 Å². The van der Waals surface area contributed by atoms with E-state index in [1.807, 2.05) is 97.9 Å². The van der Waals surface area contributed by atoms with Crippen LogP contribution in [0, 0.1) is 0 Å². The van der Waals surface area contributed by atoms with Crippen LogP contribution in [-0.2, 0) is 9.59 Å². The van der Waals surface area contributed by atoms with E-state index in [1.54, 1.807) is 48.5 Å². The summed E-state index contributed by atoms with van der Waals surface area (Å²) in [5.41, 5.74) is 3.22. The van der Waals surface area contributed by atoms with E-state index in [4.69, 9.17) is 4.74 Å². The van der Waals surface area contributed by atoms with Crippen LogP contribution in [0.5, 0.6) is 5.75 Å². The first-order valence-corrected chi connectivity index (χ1v) is 17.3. The quantitative estimate of drug-likeness (QED) is 0.0880. The van der Waals surface area contributed by atoms with Gasteiger partial charge < -0.3 is 20.7 Å². The summed E-state index contributed by atoms with van der Waals surface area (Å²) in [5.74, 6) is -0.582. The molecule has 6 aromatic rings. The maximum Gasteiger partial charge on any atom is 0.272 e. The molecule has 0 bridgehead atoms. The molecule has 1 atom stereocenters. The highest BCUT2D eigenvalue weighted by atomic mass is 32.2. The second kappa shape index (κ2) is 15.9. The average Bonchev–Trinajstić information content (AvgIpc) is 3.54. The molecule has 0 saturated heterocycles. The van der Waals surface area contributed by atoms with Crippen LogP contribution in [0.15, 0.2) is 144 Å². The highest BCUT2D eigenvalue weighted by Gasteiger charge is 2.24. The lowest BCUT2D eigenvalue weighted by Gasteiger charge is -2.17. The third kappa shape index (κ3) is 8.61. The van der Waals surface area contributed by atoms with Crippen LogP contribution in [0.4, 0.5) is 10.8 Å². The van der Waals surface area contributed by atoms with Gasteiger partial charge in [0.1, 0.15) is 16.7 Å². The van der Waals surface area contributed by atoms with E-state index >= 15 is 0 Å². The fraction of sp³-hybridized carbons (Fsp3) is 0.0769. The number of carbonyl (C=O) groups is 3. The van der Waals surface area contributed by atoms with Gasteiger partial charge in [-0.05, 0) is 67.1 Å². The molecule has 49 heavy (non-hydrogen) atoms. The number of amides is 3. The number of benzene rings is 5. The van der Waals surface area contributed by atoms with Crippen LogP contribution in [-0.4, -0.2) is 29.3 Å². The van der Waals surface area contributed by atoms with E-state index in [-0.39, 0.29) is 11.6 Å². The molecule has 0 aliphatic rings. The number of nitrogens with one attached hydrogen (secondary N) is 3. The first kappa shape index (κ1) is 33.2. The van der Waals surface area contributed by atoms with Gasteiger partial charge in [0.2, 0.25) is 5.91 Å². The van der Waals surface area contributed by atoms with Crippen molar-refractivity contribution in [1.29, 1.82) is 0 Å². The average molecular weight is 685 g/mol. The van der Waals surface area contributed by atoms with Crippen molar-refractivity contribution in [2.45, 2.75) is 17.1 Å². The van der Waals surface area contributed by atoms with E-state index in [2.05, 4.69) is 20.9 Å². The number of nitrogens with zero attached hydrogens (tertiary/aromatic N) is 1. The molecule has 0 radical (unpaired) electrons. The van der Waals surface area contributed by atoms with Gasteiger partial charge in [-0.3, -0.25) is 14.4 Å². The van der Waals surface area contributed by atoms with Crippen LogP contribution in [0.3, 0.4) is 0 Å². The van der Waals surface area contributed by atoms with E-state index in [1.165, 1.54) is 23.1 Å². The number of carbonyl (C=O) groups excluding carboxylic acids is 3. The van der Waals surface area contributed by atoms with E-state index in [0.29, 0.717) is 34.3 Å². The third-order valence-corrected chi connectivity index (χ3v) is 9.46. The van der Waals surface area contributed by atoms with Gasteiger partial charge >= 0.3 is 0 Å². The number of aromatic nitrogens is 1. The third-order valence-electron chi connectivity index (χ3n) is 7.26. The smallest absolute Gasteiger partial charge is 0.272 e. The van der Waals surface area contributed by atoms with Crippen LogP contribution in [0.2, 0.25) is 0 Å². The van der Waals surface area contributed by atoms with E-state index < -0.39 is 17.1 Å². The molecule has 0 aliphatic heterocycles. The molecule has 1 unspecified atom stereocenters. The predicted molar refractivity (Wildman–Crippen MR) is 198 cm³/mol. The summed E-state index contributed by atoms with van der Waals surface area (Å²) in [6.07, 6.45) is 1.59. The summed E-state index contributed by atoms with van der Waals surface area (Å²) < 4.78 is 6.75. The lowest BCUT2D eigenvalue weighted by molar-refractivity contribution is -0.116. The Hall–Kier alpha value is -5.71. The molecule has 10 heteroatoms. The Morgan fingerprint density at radius 3 is 2.31 bits per heavy atom. The summed E-state index contributed by atoms with van der Waals surface area (Å²) in [6.45, 7) is 2.32. The van der Waals surface area contributed by atoms with Gasteiger partial charge in [-0.2, -0.15) is 0 Å². The van der Waals surface area contributed by atoms with Crippen molar-refractivity contribution in [3.63, 3.8) is 0 Å².